The maximum Gasteiger partial charge on any atom is 0.195 e. The Balaban J connectivity index is 2.44. The van der Waals surface area contributed by atoms with Gasteiger partial charge < -0.3 is 0 Å². The van der Waals surface area contributed by atoms with Crippen LogP contribution in [-0.2, 0) is 0 Å². The van der Waals surface area contributed by atoms with Crippen molar-refractivity contribution in [2.45, 2.75) is 13.8 Å². The first kappa shape index (κ1) is 12.0. The normalized spacial score (nSPS) is 10.3. The van der Waals surface area contributed by atoms with Gasteiger partial charge in [-0.3, -0.25) is 9.78 Å². The van der Waals surface area contributed by atoms with Crippen LogP contribution in [0.15, 0.2) is 41.0 Å². The third-order valence-corrected chi connectivity index (χ3v) is 3.66. The number of carbonyl (C=O) groups excluding carboxylic acids is 1. The maximum atomic E-state index is 12.3. The number of aromatic nitrogens is 1. The van der Waals surface area contributed by atoms with Crippen molar-refractivity contribution in [3.63, 3.8) is 0 Å². The molecule has 2 aromatic rings. The number of rotatable bonds is 2. The second-order valence-electron chi connectivity index (χ2n) is 3.95. The van der Waals surface area contributed by atoms with Crippen LogP contribution in [0.25, 0.3) is 0 Å². The van der Waals surface area contributed by atoms with Gasteiger partial charge in [0.1, 0.15) is 0 Å². The van der Waals surface area contributed by atoms with Crippen molar-refractivity contribution in [2.24, 2.45) is 0 Å². The Morgan fingerprint density at radius 1 is 1.18 bits per heavy atom. The third-order valence-electron chi connectivity index (χ3n) is 2.61. The number of halogens is 1. The molecule has 1 aromatic heterocycles. The number of pyridine rings is 1. The fourth-order valence-corrected chi connectivity index (χ4v) is 2.02. The quantitative estimate of drug-likeness (QED) is 0.789. The molecular formula is C14H12BrNO. The second kappa shape index (κ2) is 4.80. The highest BCUT2D eigenvalue weighted by Gasteiger charge is 2.13. The average Bonchev–Trinajstić information content (AvgIpc) is 2.33. The van der Waals surface area contributed by atoms with E-state index in [1.54, 1.807) is 12.3 Å². The highest BCUT2D eigenvalue weighted by molar-refractivity contribution is 9.10. The number of aryl methyl sites for hydroxylation is 2. The summed E-state index contributed by atoms with van der Waals surface area (Å²) in [6.07, 6.45) is 1.62. The highest BCUT2D eigenvalue weighted by atomic mass is 79.9. The van der Waals surface area contributed by atoms with Gasteiger partial charge in [-0.05, 0) is 53.5 Å². The van der Waals surface area contributed by atoms with E-state index in [4.69, 9.17) is 0 Å². The first-order valence-electron chi connectivity index (χ1n) is 5.32. The van der Waals surface area contributed by atoms with Gasteiger partial charge in [0.05, 0.1) is 0 Å². The molecule has 0 spiro atoms. The number of ketones is 1. The van der Waals surface area contributed by atoms with E-state index in [-0.39, 0.29) is 5.78 Å². The second-order valence-corrected chi connectivity index (χ2v) is 4.75. The molecule has 17 heavy (non-hydrogen) atoms. The van der Waals surface area contributed by atoms with Crippen LogP contribution in [0.4, 0.5) is 0 Å². The van der Waals surface area contributed by atoms with E-state index in [2.05, 4.69) is 20.9 Å². The minimum atomic E-state index is -0.00641. The van der Waals surface area contributed by atoms with Crippen LogP contribution in [0.2, 0.25) is 0 Å². The summed E-state index contributed by atoms with van der Waals surface area (Å²) in [6.45, 7) is 3.87. The Hall–Kier alpha value is -1.48. The van der Waals surface area contributed by atoms with Crippen LogP contribution in [0.5, 0.6) is 0 Å². The van der Waals surface area contributed by atoms with Crippen molar-refractivity contribution >= 4 is 21.7 Å². The molecular weight excluding hydrogens is 278 g/mol. The summed E-state index contributed by atoms with van der Waals surface area (Å²) < 4.78 is 0.852. The van der Waals surface area contributed by atoms with Crippen LogP contribution < -0.4 is 0 Å². The Bertz CT molecular complexity index is 561. The lowest BCUT2D eigenvalue weighted by molar-refractivity contribution is 0.103. The van der Waals surface area contributed by atoms with Gasteiger partial charge in [0, 0.05) is 27.5 Å². The summed E-state index contributed by atoms with van der Waals surface area (Å²) in [5.41, 5.74) is 3.25. The summed E-state index contributed by atoms with van der Waals surface area (Å²) >= 11 is 3.45. The first-order valence-corrected chi connectivity index (χ1v) is 6.11. The lowest BCUT2D eigenvalue weighted by atomic mass is 10.0. The van der Waals surface area contributed by atoms with E-state index >= 15 is 0 Å². The fourth-order valence-electron chi connectivity index (χ4n) is 1.58. The van der Waals surface area contributed by atoms with E-state index in [1.807, 2.05) is 38.1 Å². The molecule has 0 radical (unpaired) electrons. The monoisotopic (exact) mass is 289 g/mol. The molecule has 0 fully saturated rings. The third kappa shape index (κ3) is 2.44. The zero-order valence-electron chi connectivity index (χ0n) is 9.70. The SMILES string of the molecule is Cc1ccc(C(=O)c2cccc(C)c2Br)cn1. The van der Waals surface area contributed by atoms with Crippen LogP contribution in [0.3, 0.4) is 0 Å². The largest absolute Gasteiger partial charge is 0.289 e. The highest BCUT2D eigenvalue weighted by Crippen LogP contribution is 2.23. The van der Waals surface area contributed by atoms with Crippen molar-refractivity contribution in [1.82, 2.24) is 4.98 Å². The van der Waals surface area contributed by atoms with Crippen LogP contribution in [0, 0.1) is 13.8 Å². The van der Waals surface area contributed by atoms with Crippen molar-refractivity contribution in [3.05, 3.63) is 63.4 Å². The lowest BCUT2D eigenvalue weighted by Crippen LogP contribution is -2.03. The van der Waals surface area contributed by atoms with E-state index in [1.165, 1.54) is 0 Å². The summed E-state index contributed by atoms with van der Waals surface area (Å²) in [6, 6.07) is 9.32. The smallest absolute Gasteiger partial charge is 0.195 e. The van der Waals surface area contributed by atoms with Crippen LogP contribution in [-0.4, -0.2) is 10.8 Å². The Morgan fingerprint density at radius 3 is 2.59 bits per heavy atom. The first-order chi connectivity index (χ1) is 8.09. The molecule has 86 valence electrons. The molecule has 1 aromatic carbocycles. The van der Waals surface area contributed by atoms with Crippen molar-refractivity contribution in [1.29, 1.82) is 0 Å². The Labute approximate surface area is 109 Å². The Morgan fingerprint density at radius 2 is 1.94 bits per heavy atom. The number of carbonyl (C=O) groups is 1. The Kier molecular flexibility index (Phi) is 3.38. The predicted octanol–water partition coefficient (Wildman–Crippen LogP) is 3.69. The van der Waals surface area contributed by atoms with Crippen LogP contribution >= 0.6 is 15.9 Å². The number of hydrogen-bond donors (Lipinski definition) is 0. The molecule has 2 nitrogen and oxygen atoms in total. The molecule has 0 bridgehead atoms. The number of nitrogens with zero attached hydrogens (tertiary/aromatic N) is 1. The number of benzene rings is 1. The summed E-state index contributed by atoms with van der Waals surface area (Å²) in [7, 11) is 0. The van der Waals surface area contributed by atoms with Gasteiger partial charge in [-0.25, -0.2) is 0 Å². The van der Waals surface area contributed by atoms with Crippen LogP contribution in [0.1, 0.15) is 27.2 Å². The maximum absolute atomic E-state index is 12.3. The van der Waals surface area contributed by atoms with Crippen molar-refractivity contribution in [3.8, 4) is 0 Å². The van der Waals surface area contributed by atoms with Gasteiger partial charge in [-0.15, -0.1) is 0 Å². The molecule has 0 atom stereocenters. The molecule has 0 saturated carbocycles. The summed E-state index contributed by atoms with van der Waals surface area (Å²) in [5, 5.41) is 0. The van der Waals surface area contributed by atoms with Gasteiger partial charge in [-0.2, -0.15) is 0 Å². The van der Waals surface area contributed by atoms with Gasteiger partial charge >= 0.3 is 0 Å². The van der Waals surface area contributed by atoms with E-state index in [0.29, 0.717) is 11.1 Å². The van der Waals surface area contributed by atoms with E-state index in [0.717, 1.165) is 15.7 Å². The minimum absolute atomic E-state index is 0.00641. The molecule has 0 aliphatic rings. The van der Waals surface area contributed by atoms with Gasteiger partial charge in [0.15, 0.2) is 5.78 Å². The zero-order valence-corrected chi connectivity index (χ0v) is 11.3. The number of hydrogen-bond acceptors (Lipinski definition) is 2. The van der Waals surface area contributed by atoms with Crippen molar-refractivity contribution in [2.75, 3.05) is 0 Å². The summed E-state index contributed by atoms with van der Waals surface area (Å²) in [5.74, 6) is -0.00641. The lowest BCUT2D eigenvalue weighted by Gasteiger charge is -2.06. The fraction of sp³-hybridized carbons (Fsp3) is 0.143. The van der Waals surface area contributed by atoms with Gasteiger partial charge in [0.2, 0.25) is 0 Å². The zero-order chi connectivity index (χ0) is 12.4. The molecule has 0 N–H and O–H groups in total. The molecule has 0 aliphatic heterocycles. The molecule has 0 saturated heterocycles. The average molecular weight is 290 g/mol. The molecule has 1 heterocycles. The van der Waals surface area contributed by atoms with E-state index < -0.39 is 0 Å². The molecule has 0 unspecified atom stereocenters. The van der Waals surface area contributed by atoms with Crippen molar-refractivity contribution < 1.29 is 4.79 Å². The predicted molar refractivity (Wildman–Crippen MR) is 71.3 cm³/mol. The topological polar surface area (TPSA) is 30.0 Å². The standard InChI is InChI=1S/C14H12BrNO/c1-9-4-3-5-12(13(9)15)14(17)11-7-6-10(2)16-8-11/h3-8H,1-2H3. The summed E-state index contributed by atoms with van der Waals surface area (Å²) in [4.78, 5) is 16.4. The molecule has 3 heteroatoms. The van der Waals surface area contributed by atoms with E-state index in [9.17, 15) is 4.79 Å². The minimum Gasteiger partial charge on any atom is -0.289 e. The van der Waals surface area contributed by atoms with Gasteiger partial charge in [-0.1, -0.05) is 12.1 Å². The van der Waals surface area contributed by atoms with Gasteiger partial charge in [0.25, 0.3) is 0 Å². The molecule has 0 amide bonds. The molecule has 2 rings (SSSR count). The molecule has 0 aliphatic carbocycles.